The molecule has 4 unspecified atom stereocenters. The minimum atomic E-state index is -1.84. The lowest BCUT2D eigenvalue weighted by molar-refractivity contribution is -0.144. The molecule has 0 aromatic carbocycles. The van der Waals surface area contributed by atoms with Gasteiger partial charge in [0.2, 0.25) is 52.4 Å². The molecule has 0 saturated heterocycles. The normalized spacial score (nSPS) is 16.4. The van der Waals surface area contributed by atoms with Crippen LogP contribution in [0.5, 0.6) is 0 Å². The van der Waals surface area contributed by atoms with Crippen LogP contribution in [-0.2, 0) is 81.3 Å². The van der Waals surface area contributed by atoms with E-state index in [0.717, 1.165) is 32.5 Å². The van der Waals surface area contributed by atoms with Gasteiger partial charge in [0.25, 0.3) is 0 Å². The zero-order valence-electron chi connectivity index (χ0n) is 56.6. The molecule has 0 radical (unpaired) electrons. The highest BCUT2D eigenvalue weighted by Crippen LogP contribution is 2.37. The summed E-state index contributed by atoms with van der Waals surface area (Å²) in [6.45, 7) is 23.6. The van der Waals surface area contributed by atoms with Crippen LogP contribution in [0.3, 0.4) is 0 Å². The molecule has 0 bridgehead atoms. The molecule has 0 spiro atoms. The Kier molecular flexibility index (Phi) is 39.4. The Morgan fingerprint density at radius 1 is 0.621 bits per heavy atom. The number of aliphatic hydroxyl groups excluding tert-OH is 3. The van der Waals surface area contributed by atoms with Crippen molar-refractivity contribution in [2.24, 2.45) is 28.0 Å². The molecule has 0 heterocycles. The van der Waals surface area contributed by atoms with Crippen LogP contribution in [0.1, 0.15) is 160 Å². The van der Waals surface area contributed by atoms with Gasteiger partial charge < -0.3 is 77.8 Å². The fraction of sp³-hybridized carbons (Fsp3) is 0.672. The number of rotatable bonds is 45. The zero-order valence-corrected chi connectivity index (χ0v) is 57.5. The number of aliphatic imine (C=N–C) groups is 1. The molecule has 0 saturated carbocycles. The maximum absolute atomic E-state index is 14.3. The first-order valence-electron chi connectivity index (χ1n) is 31.9. The van der Waals surface area contributed by atoms with E-state index in [0.29, 0.717) is 31.4 Å². The van der Waals surface area contributed by atoms with Crippen molar-refractivity contribution in [2.75, 3.05) is 38.7 Å². The van der Waals surface area contributed by atoms with Gasteiger partial charge in [0.15, 0.2) is 5.78 Å². The third kappa shape index (κ3) is 32.9. The summed E-state index contributed by atoms with van der Waals surface area (Å²) < 4.78 is 14.9. The van der Waals surface area contributed by atoms with Gasteiger partial charge in [-0.1, -0.05) is 85.0 Å². The number of hydrogen-bond donors (Lipinski definition) is 12. The Labute approximate surface area is 559 Å². The van der Waals surface area contributed by atoms with E-state index in [4.69, 9.17) is 19.9 Å². The lowest BCUT2D eigenvalue weighted by Gasteiger charge is -2.30. The van der Waals surface area contributed by atoms with E-state index < -0.39 is 180 Å². The standard InChI is InChI=1S/C64H102N10O20S/c1-14-27-93-48(80)23-21-42(70-57(85)41(65)20-18-19-26-66-44(30-35(5)6)52-46(78)32-64(12,13)33-47(52)79)58(86)68-38(9)56(84)69-43(22-24-49(81)94-28-15-2)59(87)71-45(31-37(8)75)60(88)72-53(36(7)16-3)62(90)74-55(40(11)77)63(91)73-54(39(10)76)61(89)67-34-51(83)95-29-25-50(82)92-17-4/h14-15,35-36,38-43,45,53-55,76-78H,1-2,16-34,65H2,3-13H3,(H,67,89)(H,68,86)(H,69,84)(H,70,85)(H,71,87)(H,72,88)(H,73,91)(H,74,90)/t36?,38-,39?,40?,41?,42-,43-,45-,53-,54-,55-/m0/s1. The molecule has 0 aromatic rings. The van der Waals surface area contributed by atoms with Gasteiger partial charge in [-0.25, -0.2) is 0 Å². The Bertz CT molecular complexity index is 2770. The van der Waals surface area contributed by atoms with Crippen molar-refractivity contribution in [2.45, 2.75) is 220 Å². The first-order valence-corrected chi connectivity index (χ1v) is 32.9. The predicted octanol–water partition coefficient (Wildman–Crippen LogP) is 0.721. The molecular formula is C64H102N10O20S. The highest BCUT2D eigenvalue weighted by atomic mass is 32.2. The molecule has 8 amide bonds. The van der Waals surface area contributed by atoms with Crippen LogP contribution >= 0.6 is 11.8 Å². The Hall–Kier alpha value is -7.90. The molecule has 534 valence electrons. The number of nitrogens with two attached hydrogens (primary N) is 1. The summed E-state index contributed by atoms with van der Waals surface area (Å²) in [5, 5.41) is 50.6. The highest BCUT2D eigenvalue weighted by molar-refractivity contribution is 8.13. The van der Waals surface area contributed by atoms with E-state index in [1.54, 1.807) is 13.8 Å². The number of nitrogens with zero attached hydrogens (tertiary/aromatic N) is 1. The molecule has 30 nitrogen and oxygen atoms in total. The number of nitrogens with one attached hydrogen (secondary N) is 8. The minimum absolute atomic E-state index is 0.00454. The molecule has 0 fully saturated rings. The fourth-order valence-corrected chi connectivity index (χ4v) is 10.0. The number of carbonyl (C=O) groups is 14. The van der Waals surface area contributed by atoms with Gasteiger partial charge in [-0.3, -0.25) is 72.1 Å². The molecule has 1 aliphatic rings. The number of unbranched alkanes of at least 4 members (excludes halogenated alkanes) is 1. The van der Waals surface area contributed by atoms with Crippen molar-refractivity contribution >= 4 is 99.3 Å². The van der Waals surface area contributed by atoms with Crippen molar-refractivity contribution in [1.29, 1.82) is 0 Å². The van der Waals surface area contributed by atoms with Crippen LogP contribution in [0.15, 0.2) is 41.6 Å². The van der Waals surface area contributed by atoms with Gasteiger partial charge in [0.1, 0.15) is 67.0 Å². The molecule has 95 heavy (non-hydrogen) atoms. The van der Waals surface area contributed by atoms with E-state index >= 15 is 0 Å². The number of thioether (sulfide) groups is 1. The van der Waals surface area contributed by atoms with E-state index in [2.05, 4.69) is 60.7 Å². The molecule has 1 aliphatic carbocycles. The number of ketones is 2. The third-order valence-corrected chi connectivity index (χ3v) is 15.5. The third-order valence-electron chi connectivity index (χ3n) is 14.6. The number of carbonyl (C=O) groups excluding carboxylic acids is 14. The fourth-order valence-electron chi connectivity index (χ4n) is 9.36. The van der Waals surface area contributed by atoms with Crippen LogP contribution in [0.2, 0.25) is 0 Å². The molecule has 1 rings (SSSR count). The largest absolute Gasteiger partial charge is 0.511 e. The molecule has 0 aliphatic heterocycles. The van der Waals surface area contributed by atoms with Crippen LogP contribution in [0.4, 0.5) is 0 Å². The number of hydrogen-bond acceptors (Lipinski definition) is 23. The number of Topliss-reactive ketones (excluding diaryl/α,β-unsaturated/α-hetero) is 2. The summed E-state index contributed by atoms with van der Waals surface area (Å²) in [6.07, 6.45) is -1.02. The minimum Gasteiger partial charge on any atom is -0.511 e. The van der Waals surface area contributed by atoms with Crippen LogP contribution in [0.25, 0.3) is 0 Å². The van der Waals surface area contributed by atoms with Crippen molar-refractivity contribution < 1.29 is 96.7 Å². The van der Waals surface area contributed by atoms with Gasteiger partial charge in [-0.2, -0.15) is 0 Å². The second-order valence-electron chi connectivity index (χ2n) is 24.5. The zero-order chi connectivity index (χ0) is 72.3. The number of esters is 3. The van der Waals surface area contributed by atoms with Gasteiger partial charge in [-0.15, -0.1) is 0 Å². The second-order valence-corrected chi connectivity index (χ2v) is 25.6. The van der Waals surface area contributed by atoms with Crippen LogP contribution in [0, 0.1) is 17.3 Å². The molecule has 13 N–H and O–H groups in total. The van der Waals surface area contributed by atoms with Crippen molar-refractivity contribution in [3.8, 4) is 0 Å². The number of amides is 8. The quantitative estimate of drug-likeness (QED) is 0.0131. The Morgan fingerprint density at radius 2 is 1.12 bits per heavy atom. The van der Waals surface area contributed by atoms with Gasteiger partial charge >= 0.3 is 17.9 Å². The topological polar surface area (TPSA) is 462 Å². The number of aliphatic hydroxyl groups is 3. The summed E-state index contributed by atoms with van der Waals surface area (Å²) in [4.78, 5) is 191. The van der Waals surface area contributed by atoms with Gasteiger partial charge in [-0.05, 0) is 90.4 Å². The average Bonchev–Trinajstić information content (AvgIpc) is 0.811. The maximum Gasteiger partial charge on any atom is 0.306 e. The first-order chi connectivity index (χ1) is 44.5. The maximum atomic E-state index is 14.3. The van der Waals surface area contributed by atoms with Crippen molar-refractivity contribution in [1.82, 2.24) is 42.5 Å². The summed E-state index contributed by atoms with van der Waals surface area (Å²) in [5.74, 6) is -11.9. The summed E-state index contributed by atoms with van der Waals surface area (Å²) >= 11 is 0.732. The molecule has 31 heteroatoms. The Balaban J connectivity index is 3.41. The SMILES string of the molecule is C=CCOC(=O)CC[C@H](NC(=O)C(N)CCCCN=C(CC(C)C)C1=C(O)CC(C)(C)CC1=O)C(=O)N[C@@H](C)C(=O)N[C@@H](CCC(=O)OCC=C)C(=O)N[C@@H](CC(C)=O)C(=O)N[C@H](C(=O)N[C@H](C(=O)N[C@H](C(=O)NCC(=O)SCCC(=O)OCC)C(C)O)C(C)O)C(C)CC. The van der Waals surface area contributed by atoms with Gasteiger partial charge in [0.05, 0.1) is 43.4 Å². The molecular weight excluding hydrogens is 1260 g/mol. The lowest BCUT2D eigenvalue weighted by Crippen LogP contribution is -2.63. The molecule has 0 aromatic heterocycles. The van der Waals surface area contributed by atoms with Crippen molar-refractivity contribution in [3.63, 3.8) is 0 Å². The first kappa shape index (κ1) is 85.1. The van der Waals surface area contributed by atoms with Crippen molar-refractivity contribution in [3.05, 3.63) is 36.6 Å². The van der Waals surface area contributed by atoms with Gasteiger partial charge in [0, 0.05) is 50.1 Å². The van der Waals surface area contributed by atoms with E-state index in [9.17, 15) is 82.4 Å². The monoisotopic (exact) mass is 1360 g/mol. The lowest BCUT2D eigenvalue weighted by atomic mass is 9.75. The van der Waals surface area contributed by atoms with E-state index in [1.165, 1.54) is 26.0 Å². The Morgan fingerprint density at radius 3 is 1.62 bits per heavy atom. The highest BCUT2D eigenvalue weighted by Gasteiger charge is 2.39. The molecule has 11 atom stereocenters. The smallest absolute Gasteiger partial charge is 0.306 e. The average molecular weight is 1360 g/mol. The van der Waals surface area contributed by atoms with E-state index in [-0.39, 0.29) is 87.3 Å². The predicted molar refractivity (Wildman–Crippen MR) is 351 cm³/mol. The number of allylic oxidation sites excluding steroid dienone is 2. The second kappa shape index (κ2) is 44.0. The van der Waals surface area contributed by atoms with E-state index in [1.807, 2.05) is 27.7 Å². The van der Waals surface area contributed by atoms with Crippen LogP contribution < -0.4 is 48.3 Å². The summed E-state index contributed by atoms with van der Waals surface area (Å²) in [6, 6.07) is -12.8. The van der Waals surface area contributed by atoms with Crippen LogP contribution in [-0.4, -0.2) is 202 Å². The number of ether oxygens (including phenoxy) is 3. The summed E-state index contributed by atoms with van der Waals surface area (Å²) in [7, 11) is 0. The summed E-state index contributed by atoms with van der Waals surface area (Å²) in [5.41, 5.74) is 6.65.